The van der Waals surface area contributed by atoms with Crippen LogP contribution >= 0.6 is 38.5 Å². The highest BCUT2D eigenvalue weighted by atomic mass is 127. The lowest BCUT2D eigenvalue weighted by Gasteiger charge is -2.18. The predicted octanol–water partition coefficient (Wildman–Crippen LogP) is 3.24. The highest BCUT2D eigenvalue weighted by Gasteiger charge is 2.19. The topological polar surface area (TPSA) is 15.3 Å². The zero-order valence-electron chi connectivity index (χ0n) is 10.0. The lowest BCUT2D eigenvalue weighted by Crippen LogP contribution is -2.30. The minimum atomic E-state index is 0.814. The zero-order valence-corrected chi connectivity index (χ0v) is 13.8. The van der Waals surface area contributed by atoms with Crippen molar-refractivity contribution in [2.24, 2.45) is 0 Å². The fourth-order valence-electron chi connectivity index (χ4n) is 1.78. The molecule has 0 amide bonds. The van der Waals surface area contributed by atoms with Crippen molar-refractivity contribution in [3.05, 3.63) is 31.8 Å². The van der Waals surface area contributed by atoms with Gasteiger partial charge in [-0.2, -0.15) is 0 Å². The molecule has 1 aromatic carbocycles. The van der Waals surface area contributed by atoms with Crippen molar-refractivity contribution in [3.8, 4) is 0 Å². The summed E-state index contributed by atoms with van der Waals surface area (Å²) in [5, 5.41) is 3.55. The van der Waals surface area contributed by atoms with Crippen molar-refractivity contribution in [2.45, 2.75) is 25.4 Å². The van der Waals surface area contributed by atoms with E-state index < -0.39 is 0 Å². The van der Waals surface area contributed by atoms with Gasteiger partial charge in [-0.3, -0.25) is 0 Å². The number of halogens is 2. The largest absolute Gasteiger partial charge is 0.313 e. The van der Waals surface area contributed by atoms with Crippen LogP contribution in [-0.2, 0) is 6.54 Å². The van der Waals surface area contributed by atoms with Gasteiger partial charge in [0.1, 0.15) is 0 Å². The highest BCUT2D eigenvalue weighted by molar-refractivity contribution is 14.1. The molecule has 0 heterocycles. The molecule has 17 heavy (non-hydrogen) atoms. The first kappa shape index (κ1) is 13.8. The summed E-state index contributed by atoms with van der Waals surface area (Å²) >= 11 is 5.94. The van der Waals surface area contributed by atoms with Crippen LogP contribution in [0.1, 0.15) is 18.4 Å². The van der Waals surface area contributed by atoms with Crippen molar-refractivity contribution in [1.29, 1.82) is 0 Å². The summed E-state index contributed by atoms with van der Waals surface area (Å²) in [5.74, 6) is 0. The number of hydrogen-bond donors (Lipinski definition) is 1. The fraction of sp³-hybridized carbons (Fsp3) is 0.538. The SMILES string of the molecule is CN(CCNC1CC1)Cc1cc(Br)ccc1I. The van der Waals surface area contributed by atoms with Crippen LogP contribution in [-0.4, -0.2) is 31.1 Å². The van der Waals surface area contributed by atoms with Gasteiger partial charge in [-0.1, -0.05) is 15.9 Å². The quantitative estimate of drug-likeness (QED) is 0.727. The minimum absolute atomic E-state index is 0.814. The zero-order chi connectivity index (χ0) is 12.3. The molecule has 0 aromatic heterocycles. The maximum absolute atomic E-state index is 3.55. The van der Waals surface area contributed by atoms with E-state index in [2.05, 4.69) is 74.0 Å². The smallest absolute Gasteiger partial charge is 0.0242 e. The van der Waals surface area contributed by atoms with Gasteiger partial charge in [0.25, 0.3) is 0 Å². The summed E-state index contributed by atoms with van der Waals surface area (Å²) in [7, 11) is 2.19. The van der Waals surface area contributed by atoms with E-state index >= 15 is 0 Å². The molecular formula is C13H18BrIN2. The van der Waals surface area contributed by atoms with Crippen molar-refractivity contribution >= 4 is 38.5 Å². The van der Waals surface area contributed by atoms with Crippen LogP contribution in [0.3, 0.4) is 0 Å². The van der Waals surface area contributed by atoms with E-state index in [1.807, 2.05) is 0 Å². The third-order valence-electron chi connectivity index (χ3n) is 2.95. The monoisotopic (exact) mass is 408 g/mol. The van der Waals surface area contributed by atoms with Gasteiger partial charge in [0.05, 0.1) is 0 Å². The van der Waals surface area contributed by atoms with Gasteiger partial charge in [0, 0.05) is 33.7 Å². The van der Waals surface area contributed by atoms with E-state index in [1.165, 1.54) is 22.0 Å². The number of nitrogens with one attached hydrogen (secondary N) is 1. The average Bonchev–Trinajstić information content (AvgIpc) is 3.07. The van der Waals surface area contributed by atoms with E-state index in [9.17, 15) is 0 Å². The van der Waals surface area contributed by atoms with Crippen LogP contribution in [0.2, 0.25) is 0 Å². The third kappa shape index (κ3) is 4.85. The molecule has 1 aliphatic carbocycles. The molecule has 94 valence electrons. The Labute approximate surface area is 125 Å². The van der Waals surface area contributed by atoms with Crippen LogP contribution in [0, 0.1) is 3.57 Å². The fourth-order valence-corrected chi connectivity index (χ4v) is 2.70. The van der Waals surface area contributed by atoms with Crippen LogP contribution in [0.15, 0.2) is 22.7 Å². The first-order valence-electron chi connectivity index (χ1n) is 6.01. The summed E-state index contributed by atoms with van der Waals surface area (Å²) in [5.41, 5.74) is 1.40. The molecule has 0 atom stereocenters. The first-order chi connectivity index (χ1) is 8.15. The Morgan fingerprint density at radius 1 is 1.47 bits per heavy atom. The molecule has 0 aliphatic heterocycles. The second-order valence-electron chi connectivity index (χ2n) is 4.70. The van der Waals surface area contributed by atoms with Crippen molar-refractivity contribution in [1.82, 2.24) is 10.2 Å². The molecule has 0 radical (unpaired) electrons. The minimum Gasteiger partial charge on any atom is -0.313 e. The van der Waals surface area contributed by atoms with Crippen molar-refractivity contribution < 1.29 is 0 Å². The second-order valence-corrected chi connectivity index (χ2v) is 6.78. The molecule has 1 fully saturated rings. The van der Waals surface area contributed by atoms with E-state index in [4.69, 9.17) is 0 Å². The van der Waals surface area contributed by atoms with Crippen molar-refractivity contribution in [2.75, 3.05) is 20.1 Å². The van der Waals surface area contributed by atoms with Gasteiger partial charge in [-0.05, 0) is 66.2 Å². The summed E-state index contributed by atoms with van der Waals surface area (Å²) in [6.07, 6.45) is 2.74. The highest BCUT2D eigenvalue weighted by Crippen LogP contribution is 2.20. The molecule has 0 unspecified atom stereocenters. The first-order valence-corrected chi connectivity index (χ1v) is 7.88. The standard InChI is InChI=1S/C13H18BrIN2/c1-17(7-6-16-12-3-4-12)9-10-8-11(14)2-5-13(10)15/h2,5,8,12,16H,3-4,6-7,9H2,1H3. The number of likely N-dealkylation sites (N-methyl/N-ethyl adjacent to an activating group) is 1. The molecule has 0 bridgehead atoms. The van der Waals surface area contributed by atoms with Gasteiger partial charge in [0.2, 0.25) is 0 Å². The van der Waals surface area contributed by atoms with Crippen molar-refractivity contribution in [3.63, 3.8) is 0 Å². The Morgan fingerprint density at radius 2 is 2.24 bits per heavy atom. The van der Waals surface area contributed by atoms with Gasteiger partial charge in [-0.25, -0.2) is 0 Å². The van der Waals surface area contributed by atoms with Crippen LogP contribution in [0.4, 0.5) is 0 Å². The van der Waals surface area contributed by atoms with Crippen LogP contribution in [0.25, 0.3) is 0 Å². The Bertz CT molecular complexity index is 380. The summed E-state index contributed by atoms with van der Waals surface area (Å²) < 4.78 is 2.50. The molecule has 1 N–H and O–H groups in total. The Kier molecular flexibility index (Phi) is 5.26. The molecular weight excluding hydrogens is 391 g/mol. The predicted molar refractivity (Wildman–Crippen MR) is 84.2 cm³/mol. The van der Waals surface area contributed by atoms with Gasteiger partial charge < -0.3 is 10.2 Å². The lowest BCUT2D eigenvalue weighted by molar-refractivity contribution is 0.323. The molecule has 0 saturated heterocycles. The number of nitrogens with zero attached hydrogens (tertiary/aromatic N) is 1. The molecule has 1 saturated carbocycles. The normalized spacial score (nSPS) is 15.5. The van der Waals surface area contributed by atoms with Crippen LogP contribution in [0.5, 0.6) is 0 Å². The lowest BCUT2D eigenvalue weighted by atomic mass is 10.2. The summed E-state index contributed by atoms with van der Waals surface area (Å²) in [6, 6.07) is 7.29. The molecule has 1 aliphatic rings. The second kappa shape index (κ2) is 6.50. The third-order valence-corrected chi connectivity index (χ3v) is 4.50. The average molecular weight is 409 g/mol. The Morgan fingerprint density at radius 3 is 2.94 bits per heavy atom. The van der Waals surface area contributed by atoms with Gasteiger partial charge in [-0.15, -0.1) is 0 Å². The molecule has 1 aromatic rings. The van der Waals surface area contributed by atoms with Gasteiger partial charge in [0.15, 0.2) is 0 Å². The maximum atomic E-state index is 3.55. The Balaban J connectivity index is 1.79. The molecule has 0 spiro atoms. The van der Waals surface area contributed by atoms with E-state index in [0.717, 1.165) is 30.1 Å². The van der Waals surface area contributed by atoms with E-state index in [1.54, 1.807) is 0 Å². The number of rotatable bonds is 6. The number of benzene rings is 1. The van der Waals surface area contributed by atoms with E-state index in [0.29, 0.717) is 0 Å². The molecule has 4 heteroatoms. The maximum Gasteiger partial charge on any atom is 0.0242 e. The molecule has 2 rings (SSSR count). The Hall–Kier alpha value is 0.350. The summed E-state index contributed by atoms with van der Waals surface area (Å²) in [4.78, 5) is 2.37. The number of hydrogen-bond acceptors (Lipinski definition) is 2. The van der Waals surface area contributed by atoms with E-state index in [-0.39, 0.29) is 0 Å². The molecule has 2 nitrogen and oxygen atoms in total. The van der Waals surface area contributed by atoms with Gasteiger partial charge >= 0.3 is 0 Å². The van der Waals surface area contributed by atoms with Crippen LogP contribution < -0.4 is 5.32 Å². The summed E-state index contributed by atoms with van der Waals surface area (Å²) in [6.45, 7) is 3.23.